The van der Waals surface area contributed by atoms with E-state index < -0.39 is 30.2 Å². The number of hydrogen-bond acceptors (Lipinski definition) is 4. The lowest BCUT2D eigenvalue weighted by molar-refractivity contribution is -0.253. The summed E-state index contributed by atoms with van der Waals surface area (Å²) in [5.41, 5.74) is -0.216. The number of aromatic amines is 1. The maximum atomic E-state index is 13.3. The van der Waals surface area contributed by atoms with E-state index in [4.69, 9.17) is 0 Å². The molecular formula is C16H16F4N4O2. The van der Waals surface area contributed by atoms with Crippen LogP contribution in [0.1, 0.15) is 40.9 Å². The van der Waals surface area contributed by atoms with Gasteiger partial charge in [-0.15, -0.1) is 0 Å². The smallest absolute Gasteiger partial charge is 0.427 e. The van der Waals surface area contributed by atoms with Crippen LogP contribution in [0.3, 0.4) is 0 Å². The number of H-pyrrole nitrogens is 1. The predicted molar refractivity (Wildman–Crippen MR) is 82.2 cm³/mol. The highest BCUT2D eigenvalue weighted by atomic mass is 19.3. The van der Waals surface area contributed by atoms with Gasteiger partial charge >= 0.3 is 12.5 Å². The van der Waals surface area contributed by atoms with Gasteiger partial charge in [0.05, 0.1) is 11.6 Å². The molecule has 1 aliphatic heterocycles. The van der Waals surface area contributed by atoms with Gasteiger partial charge in [0, 0.05) is 6.54 Å². The standard InChI is InChI=1S/C16H16F4N4O2/c1-9-21-13(23-22-9)11-6-4-8-24(11)14(25)10-5-2-3-7-12(10)26-16(19,20)15(17)18/h2-3,5,7,11,15H,4,6,8H2,1H3,(H,21,22,23). The van der Waals surface area contributed by atoms with E-state index >= 15 is 0 Å². The number of likely N-dealkylation sites (tertiary alicyclic amines) is 1. The molecule has 1 atom stereocenters. The average Bonchev–Trinajstić information content (AvgIpc) is 3.22. The monoisotopic (exact) mass is 372 g/mol. The van der Waals surface area contributed by atoms with Crippen LogP contribution in [-0.4, -0.2) is 45.1 Å². The van der Waals surface area contributed by atoms with Crippen molar-refractivity contribution in [2.24, 2.45) is 0 Å². The molecule has 1 aromatic carbocycles. The average molecular weight is 372 g/mol. The summed E-state index contributed by atoms with van der Waals surface area (Å²) in [4.78, 5) is 18.5. The van der Waals surface area contributed by atoms with Gasteiger partial charge in [-0.05, 0) is 31.9 Å². The van der Waals surface area contributed by atoms with Gasteiger partial charge in [-0.1, -0.05) is 12.1 Å². The lowest BCUT2D eigenvalue weighted by Crippen LogP contribution is -2.35. The molecule has 1 N–H and O–H groups in total. The summed E-state index contributed by atoms with van der Waals surface area (Å²) >= 11 is 0. The summed E-state index contributed by atoms with van der Waals surface area (Å²) in [6.45, 7) is 2.09. The first kappa shape index (κ1) is 18.2. The highest BCUT2D eigenvalue weighted by molar-refractivity contribution is 5.97. The van der Waals surface area contributed by atoms with Crippen LogP contribution < -0.4 is 4.74 Å². The van der Waals surface area contributed by atoms with Crippen LogP contribution in [0, 0.1) is 6.92 Å². The van der Waals surface area contributed by atoms with Crippen molar-refractivity contribution in [2.45, 2.75) is 38.3 Å². The third-order valence-electron chi connectivity index (χ3n) is 4.04. The number of hydrogen-bond donors (Lipinski definition) is 1. The Labute approximate surface area is 146 Å². The van der Waals surface area contributed by atoms with Crippen molar-refractivity contribution in [2.75, 3.05) is 6.54 Å². The molecule has 1 amide bonds. The number of para-hydroxylation sites is 1. The first-order valence-electron chi connectivity index (χ1n) is 7.93. The number of carbonyl (C=O) groups is 1. The third kappa shape index (κ3) is 3.49. The molecule has 26 heavy (non-hydrogen) atoms. The molecule has 0 radical (unpaired) electrons. The van der Waals surface area contributed by atoms with Gasteiger partial charge in [0.2, 0.25) is 0 Å². The van der Waals surface area contributed by atoms with Crippen LogP contribution in [0.15, 0.2) is 24.3 Å². The quantitative estimate of drug-likeness (QED) is 0.818. The van der Waals surface area contributed by atoms with Gasteiger partial charge in [0.15, 0.2) is 5.82 Å². The zero-order valence-electron chi connectivity index (χ0n) is 13.8. The molecule has 1 aliphatic rings. The van der Waals surface area contributed by atoms with E-state index in [0.29, 0.717) is 31.0 Å². The van der Waals surface area contributed by atoms with E-state index in [-0.39, 0.29) is 5.56 Å². The largest absolute Gasteiger partial charge is 0.461 e. The molecule has 0 spiro atoms. The number of amides is 1. The molecule has 0 aliphatic carbocycles. The second-order valence-corrected chi connectivity index (χ2v) is 5.90. The van der Waals surface area contributed by atoms with Crippen molar-refractivity contribution in [3.8, 4) is 5.75 Å². The summed E-state index contributed by atoms with van der Waals surface area (Å²) in [6.07, 6.45) is -7.41. The molecule has 1 saturated heterocycles. The number of benzene rings is 1. The Bertz CT molecular complexity index is 796. The predicted octanol–water partition coefficient (Wildman–Crippen LogP) is 3.33. The third-order valence-corrected chi connectivity index (χ3v) is 4.04. The number of nitrogens with one attached hydrogen (secondary N) is 1. The highest BCUT2D eigenvalue weighted by Gasteiger charge is 2.45. The normalized spacial score (nSPS) is 17.8. The number of nitrogens with zero attached hydrogens (tertiary/aromatic N) is 3. The Kier molecular flexibility index (Phi) is 4.84. The van der Waals surface area contributed by atoms with E-state index in [1.807, 2.05) is 0 Å². The molecule has 6 nitrogen and oxygen atoms in total. The molecule has 0 saturated carbocycles. The number of rotatable bonds is 5. The number of alkyl halides is 4. The first-order chi connectivity index (χ1) is 12.3. The highest BCUT2D eigenvalue weighted by Crippen LogP contribution is 2.35. The van der Waals surface area contributed by atoms with Gasteiger partial charge < -0.3 is 9.64 Å². The van der Waals surface area contributed by atoms with Crippen LogP contribution >= 0.6 is 0 Å². The Morgan fingerprint density at radius 1 is 1.38 bits per heavy atom. The Morgan fingerprint density at radius 3 is 2.77 bits per heavy atom. The summed E-state index contributed by atoms with van der Waals surface area (Å²) < 4.78 is 55.6. The number of carbonyl (C=O) groups excluding carboxylic acids is 1. The van der Waals surface area contributed by atoms with Crippen molar-refractivity contribution in [1.82, 2.24) is 20.1 Å². The summed E-state index contributed by atoms with van der Waals surface area (Å²) in [5.74, 6) is -0.195. The molecule has 1 unspecified atom stereocenters. The fourth-order valence-electron chi connectivity index (χ4n) is 2.87. The van der Waals surface area contributed by atoms with Crippen molar-refractivity contribution in [3.63, 3.8) is 0 Å². The van der Waals surface area contributed by atoms with Gasteiger partial charge in [0.25, 0.3) is 5.91 Å². The second kappa shape index (κ2) is 6.93. The lowest BCUT2D eigenvalue weighted by Gasteiger charge is -2.24. The molecule has 2 aromatic rings. The van der Waals surface area contributed by atoms with E-state index in [1.165, 1.54) is 23.1 Å². The number of aryl methyl sites for hydroxylation is 1. The minimum Gasteiger partial charge on any atom is -0.427 e. The fraction of sp³-hybridized carbons (Fsp3) is 0.438. The molecule has 2 heterocycles. The van der Waals surface area contributed by atoms with Gasteiger partial charge in [0.1, 0.15) is 11.6 Å². The number of ether oxygens (including phenoxy) is 1. The summed E-state index contributed by atoms with van der Waals surface area (Å²) in [5, 5.41) is 6.74. The molecule has 1 aromatic heterocycles. The fourth-order valence-corrected chi connectivity index (χ4v) is 2.87. The van der Waals surface area contributed by atoms with Crippen LogP contribution in [0.25, 0.3) is 0 Å². The SMILES string of the molecule is Cc1nc(C2CCCN2C(=O)c2ccccc2OC(F)(F)C(F)F)n[nH]1. The van der Waals surface area contributed by atoms with Gasteiger partial charge in [-0.25, -0.2) is 4.98 Å². The number of aromatic nitrogens is 3. The minimum absolute atomic E-state index is 0.216. The van der Waals surface area contributed by atoms with E-state index in [2.05, 4.69) is 19.9 Å². The van der Waals surface area contributed by atoms with E-state index in [1.54, 1.807) is 6.92 Å². The van der Waals surface area contributed by atoms with E-state index in [0.717, 1.165) is 6.07 Å². The van der Waals surface area contributed by atoms with Crippen LogP contribution in [0.2, 0.25) is 0 Å². The van der Waals surface area contributed by atoms with Gasteiger partial charge in [-0.2, -0.15) is 22.7 Å². The van der Waals surface area contributed by atoms with Crippen molar-refractivity contribution in [1.29, 1.82) is 0 Å². The maximum absolute atomic E-state index is 13.3. The van der Waals surface area contributed by atoms with Crippen LogP contribution in [0.4, 0.5) is 17.6 Å². The van der Waals surface area contributed by atoms with Crippen molar-refractivity contribution < 1.29 is 27.1 Å². The number of halogens is 4. The molecule has 0 bridgehead atoms. The lowest BCUT2D eigenvalue weighted by atomic mass is 10.1. The Hall–Kier alpha value is -2.65. The van der Waals surface area contributed by atoms with E-state index in [9.17, 15) is 22.4 Å². The molecule has 10 heteroatoms. The Morgan fingerprint density at radius 2 is 2.12 bits per heavy atom. The first-order valence-corrected chi connectivity index (χ1v) is 7.93. The van der Waals surface area contributed by atoms with Crippen LogP contribution in [-0.2, 0) is 0 Å². The summed E-state index contributed by atoms with van der Waals surface area (Å²) in [6, 6.07) is 4.68. The summed E-state index contributed by atoms with van der Waals surface area (Å²) in [7, 11) is 0. The molecule has 140 valence electrons. The second-order valence-electron chi connectivity index (χ2n) is 5.90. The molecule has 3 rings (SSSR count). The van der Waals surface area contributed by atoms with Crippen LogP contribution in [0.5, 0.6) is 5.75 Å². The van der Waals surface area contributed by atoms with Crippen molar-refractivity contribution >= 4 is 5.91 Å². The molecule has 1 fully saturated rings. The molecular weight excluding hydrogens is 356 g/mol. The maximum Gasteiger partial charge on any atom is 0.461 e. The zero-order valence-corrected chi connectivity index (χ0v) is 13.8. The van der Waals surface area contributed by atoms with Gasteiger partial charge in [-0.3, -0.25) is 9.89 Å². The minimum atomic E-state index is -4.69. The Balaban J connectivity index is 1.88. The van der Waals surface area contributed by atoms with Crippen molar-refractivity contribution in [3.05, 3.63) is 41.5 Å². The topological polar surface area (TPSA) is 71.1 Å². The zero-order chi connectivity index (χ0) is 18.9.